The number of rotatable bonds is 3. The number of carbonyl (C=O) groups excluding carboxylic acids is 1. The Bertz CT molecular complexity index is 410. The Morgan fingerprint density at radius 2 is 1.88 bits per heavy atom. The van der Waals surface area contributed by atoms with Gasteiger partial charge in [-0.1, -0.05) is 0 Å². The van der Waals surface area contributed by atoms with Gasteiger partial charge in [0, 0.05) is 12.6 Å². The number of methoxy groups -OCH3 is 1. The molecule has 1 aromatic rings. The first-order chi connectivity index (χ1) is 7.60. The maximum absolute atomic E-state index is 12.7. The molecule has 1 aromatic carbocycles. The lowest BCUT2D eigenvalue weighted by Crippen LogP contribution is -2.20. The van der Waals surface area contributed by atoms with E-state index in [1.807, 2.05) is 0 Å². The number of halogens is 1. The second-order valence-electron chi connectivity index (χ2n) is 3.24. The van der Waals surface area contributed by atoms with Crippen molar-refractivity contribution in [2.24, 2.45) is 0 Å². The molecular formula is C12H14FNO2. The summed E-state index contributed by atoms with van der Waals surface area (Å²) in [5.41, 5.74) is 1.13. The number of benzene rings is 1. The van der Waals surface area contributed by atoms with Gasteiger partial charge in [0.25, 0.3) is 0 Å². The van der Waals surface area contributed by atoms with Crippen LogP contribution in [-0.2, 0) is 9.53 Å². The van der Waals surface area contributed by atoms with Crippen LogP contribution >= 0.6 is 0 Å². The van der Waals surface area contributed by atoms with Crippen molar-refractivity contribution in [3.63, 3.8) is 0 Å². The zero-order valence-corrected chi connectivity index (χ0v) is 9.50. The average molecular weight is 223 g/mol. The SMILES string of the molecule is CNC(=O)/C(C)=C(/OC)c1ccc(F)cc1. The molecule has 0 unspecified atom stereocenters. The van der Waals surface area contributed by atoms with Gasteiger partial charge < -0.3 is 10.1 Å². The Balaban J connectivity index is 3.16. The molecule has 1 amide bonds. The Hall–Kier alpha value is -1.84. The number of hydrogen-bond acceptors (Lipinski definition) is 2. The molecule has 0 atom stereocenters. The second kappa shape index (κ2) is 5.30. The second-order valence-corrected chi connectivity index (χ2v) is 3.24. The molecule has 86 valence electrons. The molecule has 0 aliphatic carbocycles. The number of likely N-dealkylation sites (N-methyl/N-ethyl adjacent to an activating group) is 1. The van der Waals surface area contributed by atoms with Crippen LogP contribution in [0.4, 0.5) is 4.39 Å². The van der Waals surface area contributed by atoms with E-state index in [2.05, 4.69) is 5.32 Å². The fraction of sp³-hybridized carbons (Fsp3) is 0.250. The molecule has 0 saturated carbocycles. The van der Waals surface area contributed by atoms with Crippen LogP contribution in [0.15, 0.2) is 29.8 Å². The number of nitrogens with one attached hydrogen (secondary N) is 1. The summed E-state index contributed by atoms with van der Waals surface area (Å²) in [6.07, 6.45) is 0. The highest BCUT2D eigenvalue weighted by atomic mass is 19.1. The highest BCUT2D eigenvalue weighted by Gasteiger charge is 2.11. The molecule has 0 spiro atoms. The van der Waals surface area contributed by atoms with E-state index in [-0.39, 0.29) is 11.7 Å². The van der Waals surface area contributed by atoms with Crippen molar-refractivity contribution in [1.82, 2.24) is 5.32 Å². The minimum Gasteiger partial charge on any atom is -0.496 e. The van der Waals surface area contributed by atoms with Gasteiger partial charge in [0.2, 0.25) is 5.91 Å². The minimum atomic E-state index is -0.322. The highest BCUT2D eigenvalue weighted by molar-refractivity contribution is 5.99. The van der Waals surface area contributed by atoms with Gasteiger partial charge in [-0.25, -0.2) is 4.39 Å². The Kier molecular flexibility index (Phi) is 4.05. The third-order valence-corrected chi connectivity index (χ3v) is 2.22. The number of ether oxygens (including phenoxy) is 1. The third kappa shape index (κ3) is 2.59. The van der Waals surface area contributed by atoms with Crippen molar-refractivity contribution >= 4 is 11.7 Å². The first kappa shape index (κ1) is 12.2. The first-order valence-electron chi connectivity index (χ1n) is 4.83. The zero-order chi connectivity index (χ0) is 12.1. The predicted octanol–water partition coefficient (Wildman–Crippen LogP) is 1.95. The van der Waals surface area contributed by atoms with E-state index < -0.39 is 0 Å². The molecule has 0 bridgehead atoms. The Morgan fingerprint density at radius 3 is 2.31 bits per heavy atom. The molecule has 3 nitrogen and oxygen atoms in total. The summed E-state index contributed by atoms with van der Waals surface area (Å²) in [4.78, 5) is 11.4. The van der Waals surface area contributed by atoms with Crippen molar-refractivity contribution in [1.29, 1.82) is 0 Å². The van der Waals surface area contributed by atoms with E-state index in [0.29, 0.717) is 16.9 Å². The van der Waals surface area contributed by atoms with Crippen LogP contribution in [0.25, 0.3) is 5.76 Å². The molecule has 0 aliphatic heterocycles. The quantitative estimate of drug-likeness (QED) is 0.628. The van der Waals surface area contributed by atoms with E-state index >= 15 is 0 Å². The molecule has 1 rings (SSSR count). The van der Waals surface area contributed by atoms with Crippen LogP contribution in [0.5, 0.6) is 0 Å². The molecular weight excluding hydrogens is 209 g/mol. The van der Waals surface area contributed by atoms with Crippen LogP contribution in [0, 0.1) is 5.82 Å². The third-order valence-electron chi connectivity index (χ3n) is 2.22. The highest BCUT2D eigenvalue weighted by Crippen LogP contribution is 2.19. The largest absolute Gasteiger partial charge is 0.496 e. The maximum Gasteiger partial charge on any atom is 0.250 e. The van der Waals surface area contributed by atoms with Crippen LogP contribution in [0.2, 0.25) is 0 Å². The number of amides is 1. The minimum absolute atomic E-state index is 0.221. The van der Waals surface area contributed by atoms with Gasteiger partial charge >= 0.3 is 0 Å². The molecule has 1 N–H and O–H groups in total. The van der Waals surface area contributed by atoms with Crippen LogP contribution in [-0.4, -0.2) is 20.1 Å². The van der Waals surface area contributed by atoms with Gasteiger partial charge in [0.1, 0.15) is 11.6 Å². The van der Waals surface area contributed by atoms with Gasteiger partial charge in [-0.2, -0.15) is 0 Å². The zero-order valence-electron chi connectivity index (χ0n) is 9.50. The lowest BCUT2D eigenvalue weighted by Gasteiger charge is -2.10. The molecule has 0 aliphatic rings. The average Bonchev–Trinajstić information content (AvgIpc) is 2.31. The number of hydrogen-bond donors (Lipinski definition) is 1. The van der Waals surface area contributed by atoms with Crippen molar-refractivity contribution in [2.45, 2.75) is 6.92 Å². The predicted molar refractivity (Wildman–Crippen MR) is 60.1 cm³/mol. The van der Waals surface area contributed by atoms with Crippen molar-refractivity contribution in [3.05, 3.63) is 41.2 Å². The van der Waals surface area contributed by atoms with Crippen LogP contribution in [0.1, 0.15) is 12.5 Å². The van der Waals surface area contributed by atoms with Crippen LogP contribution in [0.3, 0.4) is 0 Å². The van der Waals surface area contributed by atoms with Crippen molar-refractivity contribution in [3.8, 4) is 0 Å². The molecule has 0 radical (unpaired) electrons. The summed E-state index contributed by atoms with van der Waals surface area (Å²) >= 11 is 0. The lowest BCUT2D eigenvalue weighted by molar-refractivity contribution is -0.117. The van der Waals surface area contributed by atoms with Gasteiger partial charge in [-0.05, 0) is 31.2 Å². The Morgan fingerprint density at radius 1 is 1.31 bits per heavy atom. The molecule has 0 aromatic heterocycles. The Labute approximate surface area is 93.9 Å². The number of carbonyl (C=O) groups is 1. The monoisotopic (exact) mass is 223 g/mol. The van der Waals surface area contributed by atoms with Crippen molar-refractivity contribution in [2.75, 3.05) is 14.2 Å². The van der Waals surface area contributed by atoms with Crippen molar-refractivity contribution < 1.29 is 13.9 Å². The molecule has 0 heterocycles. The van der Waals surface area contributed by atoms with E-state index in [0.717, 1.165) is 0 Å². The fourth-order valence-corrected chi connectivity index (χ4v) is 1.38. The van der Waals surface area contributed by atoms with Gasteiger partial charge in [-0.15, -0.1) is 0 Å². The maximum atomic E-state index is 12.7. The standard InChI is InChI=1S/C12H14FNO2/c1-8(12(15)14-2)11(16-3)9-4-6-10(13)7-5-9/h4-7H,1-3H3,(H,14,15)/b11-8+. The fourth-order valence-electron chi connectivity index (χ4n) is 1.38. The topological polar surface area (TPSA) is 38.3 Å². The summed E-state index contributed by atoms with van der Waals surface area (Å²) in [6, 6.07) is 5.79. The van der Waals surface area contributed by atoms with E-state index in [4.69, 9.17) is 4.74 Å². The first-order valence-corrected chi connectivity index (χ1v) is 4.83. The smallest absolute Gasteiger partial charge is 0.250 e. The molecule has 0 saturated heterocycles. The summed E-state index contributed by atoms with van der Waals surface area (Å²) in [5.74, 6) is -0.0997. The summed E-state index contributed by atoms with van der Waals surface area (Å²) < 4.78 is 17.9. The molecule has 16 heavy (non-hydrogen) atoms. The van der Waals surface area contributed by atoms with Gasteiger partial charge in [-0.3, -0.25) is 4.79 Å². The van der Waals surface area contributed by atoms with Crippen LogP contribution < -0.4 is 5.32 Å². The summed E-state index contributed by atoms with van der Waals surface area (Å²) in [7, 11) is 3.02. The van der Waals surface area contributed by atoms with E-state index in [9.17, 15) is 9.18 Å². The van der Waals surface area contributed by atoms with E-state index in [1.165, 1.54) is 19.2 Å². The lowest BCUT2D eigenvalue weighted by atomic mass is 10.1. The summed E-state index contributed by atoms with van der Waals surface area (Å²) in [6.45, 7) is 1.65. The normalized spacial score (nSPS) is 11.8. The summed E-state index contributed by atoms with van der Waals surface area (Å²) in [5, 5.41) is 2.51. The van der Waals surface area contributed by atoms with Gasteiger partial charge in [0.15, 0.2) is 0 Å². The van der Waals surface area contributed by atoms with E-state index in [1.54, 1.807) is 26.1 Å². The molecule has 4 heteroatoms. The van der Waals surface area contributed by atoms with Gasteiger partial charge in [0.05, 0.1) is 12.7 Å². The molecule has 0 fully saturated rings.